The topological polar surface area (TPSA) is 131 Å². The number of esters is 1. The number of carbonyl (C=O) groups is 3. The predicted molar refractivity (Wildman–Crippen MR) is 84.5 cm³/mol. The molecule has 3 amide bonds. The van der Waals surface area contributed by atoms with E-state index in [2.05, 4.69) is 14.8 Å². The normalized spacial score (nSPS) is 10.8. The zero-order chi connectivity index (χ0) is 18.2. The standard InChI is InChI=1S/C14H19N3O6S/c1-3-15-14(20)17-12(18)9-23-13(19)8-16-24(21,22)11-6-4-10(2)5-7-11/h4-7,16H,3,8-9H2,1-2H3,(H2,15,17,18,20). The van der Waals surface area contributed by atoms with Crippen molar-refractivity contribution in [2.45, 2.75) is 18.7 Å². The van der Waals surface area contributed by atoms with Gasteiger partial charge >= 0.3 is 12.0 Å². The Morgan fingerprint density at radius 3 is 2.33 bits per heavy atom. The van der Waals surface area contributed by atoms with Crippen LogP contribution in [0.15, 0.2) is 29.2 Å². The SMILES string of the molecule is CCNC(=O)NC(=O)COC(=O)CNS(=O)(=O)c1ccc(C)cc1. The molecule has 0 aliphatic heterocycles. The number of sulfonamides is 1. The van der Waals surface area contributed by atoms with E-state index in [0.29, 0.717) is 6.54 Å². The number of hydrogen-bond acceptors (Lipinski definition) is 6. The Kier molecular flexibility index (Phi) is 7.33. The minimum atomic E-state index is -3.85. The van der Waals surface area contributed by atoms with Crippen LogP contribution in [-0.4, -0.2) is 46.0 Å². The van der Waals surface area contributed by atoms with Crippen molar-refractivity contribution in [2.75, 3.05) is 19.7 Å². The molecule has 3 N–H and O–H groups in total. The van der Waals surface area contributed by atoms with Crippen molar-refractivity contribution < 1.29 is 27.5 Å². The molecule has 0 spiro atoms. The number of benzene rings is 1. The van der Waals surface area contributed by atoms with Crippen molar-refractivity contribution in [1.29, 1.82) is 0 Å². The number of imide groups is 1. The van der Waals surface area contributed by atoms with Crippen LogP contribution < -0.4 is 15.4 Å². The Bertz CT molecular complexity index is 700. The molecule has 0 aliphatic rings. The molecular formula is C14H19N3O6S. The highest BCUT2D eigenvalue weighted by Crippen LogP contribution is 2.09. The highest BCUT2D eigenvalue weighted by molar-refractivity contribution is 7.89. The van der Waals surface area contributed by atoms with Crippen LogP contribution in [0.1, 0.15) is 12.5 Å². The first-order valence-electron chi connectivity index (χ1n) is 7.04. The zero-order valence-electron chi connectivity index (χ0n) is 13.3. The maximum Gasteiger partial charge on any atom is 0.321 e. The highest BCUT2D eigenvalue weighted by atomic mass is 32.2. The predicted octanol–water partition coefficient (Wildman–Crippen LogP) is -0.338. The molecular weight excluding hydrogens is 338 g/mol. The average molecular weight is 357 g/mol. The largest absolute Gasteiger partial charge is 0.455 e. The summed E-state index contributed by atoms with van der Waals surface area (Å²) in [4.78, 5) is 33.8. The molecule has 132 valence electrons. The second-order valence-electron chi connectivity index (χ2n) is 4.71. The third-order valence-electron chi connectivity index (χ3n) is 2.69. The van der Waals surface area contributed by atoms with Gasteiger partial charge in [-0.2, -0.15) is 4.72 Å². The lowest BCUT2D eigenvalue weighted by atomic mass is 10.2. The maximum atomic E-state index is 12.0. The highest BCUT2D eigenvalue weighted by Gasteiger charge is 2.16. The van der Waals surface area contributed by atoms with Gasteiger partial charge < -0.3 is 10.1 Å². The molecule has 0 fully saturated rings. The number of amides is 3. The number of nitrogens with one attached hydrogen (secondary N) is 3. The minimum Gasteiger partial charge on any atom is -0.455 e. The fourth-order valence-corrected chi connectivity index (χ4v) is 2.49. The molecule has 1 aromatic carbocycles. The smallest absolute Gasteiger partial charge is 0.321 e. The monoisotopic (exact) mass is 357 g/mol. The molecule has 0 unspecified atom stereocenters. The van der Waals surface area contributed by atoms with Gasteiger partial charge in [0, 0.05) is 6.54 Å². The van der Waals surface area contributed by atoms with Crippen molar-refractivity contribution in [3.63, 3.8) is 0 Å². The number of hydrogen-bond donors (Lipinski definition) is 3. The van der Waals surface area contributed by atoms with Crippen LogP contribution in [0.25, 0.3) is 0 Å². The first kappa shape index (κ1) is 19.6. The first-order valence-corrected chi connectivity index (χ1v) is 8.52. The summed E-state index contributed by atoms with van der Waals surface area (Å²) in [6.45, 7) is 2.49. The Balaban J connectivity index is 2.41. The third kappa shape index (κ3) is 6.75. The summed E-state index contributed by atoms with van der Waals surface area (Å²) in [5.41, 5.74) is 0.895. The van der Waals surface area contributed by atoms with Gasteiger partial charge in [-0.15, -0.1) is 0 Å². The van der Waals surface area contributed by atoms with Gasteiger partial charge in [-0.05, 0) is 26.0 Å². The van der Waals surface area contributed by atoms with Crippen molar-refractivity contribution >= 4 is 27.9 Å². The molecule has 1 rings (SSSR count). The molecule has 0 aromatic heterocycles. The van der Waals surface area contributed by atoms with Gasteiger partial charge in [0.05, 0.1) is 4.90 Å². The lowest BCUT2D eigenvalue weighted by molar-refractivity contribution is -0.147. The number of aryl methyl sites for hydroxylation is 1. The Hall–Kier alpha value is -2.46. The molecule has 0 aliphatic carbocycles. The maximum absolute atomic E-state index is 12.0. The number of ether oxygens (including phenoxy) is 1. The van der Waals surface area contributed by atoms with Gasteiger partial charge in [0.15, 0.2) is 6.61 Å². The molecule has 9 nitrogen and oxygen atoms in total. The van der Waals surface area contributed by atoms with E-state index < -0.39 is 41.1 Å². The summed E-state index contributed by atoms with van der Waals surface area (Å²) >= 11 is 0. The van der Waals surface area contributed by atoms with Crippen molar-refractivity contribution in [3.05, 3.63) is 29.8 Å². The van der Waals surface area contributed by atoms with Gasteiger partial charge in [0.2, 0.25) is 10.0 Å². The van der Waals surface area contributed by atoms with Crippen LogP contribution in [0.4, 0.5) is 4.79 Å². The van der Waals surface area contributed by atoms with Gasteiger partial charge in [-0.3, -0.25) is 14.9 Å². The van der Waals surface area contributed by atoms with Crippen molar-refractivity contribution in [3.8, 4) is 0 Å². The van der Waals surface area contributed by atoms with Gasteiger partial charge in [0.25, 0.3) is 5.91 Å². The minimum absolute atomic E-state index is 0.00915. The summed E-state index contributed by atoms with van der Waals surface area (Å²) in [5.74, 6) is -1.77. The van der Waals surface area contributed by atoms with Crippen LogP contribution in [0.3, 0.4) is 0 Å². The van der Waals surface area contributed by atoms with Crippen LogP contribution in [0.2, 0.25) is 0 Å². The molecule has 0 heterocycles. The molecule has 1 aromatic rings. The Labute approximate surface area is 139 Å². The van der Waals surface area contributed by atoms with E-state index in [9.17, 15) is 22.8 Å². The molecule has 0 saturated heterocycles. The molecule has 0 radical (unpaired) electrons. The lowest BCUT2D eigenvalue weighted by Crippen LogP contribution is -2.41. The Morgan fingerprint density at radius 2 is 1.75 bits per heavy atom. The van der Waals surface area contributed by atoms with E-state index in [1.165, 1.54) is 12.1 Å². The van der Waals surface area contributed by atoms with E-state index in [-0.39, 0.29) is 4.90 Å². The van der Waals surface area contributed by atoms with Crippen molar-refractivity contribution in [1.82, 2.24) is 15.4 Å². The second-order valence-corrected chi connectivity index (χ2v) is 6.47. The number of rotatable bonds is 7. The lowest BCUT2D eigenvalue weighted by Gasteiger charge is -2.08. The van der Waals surface area contributed by atoms with Gasteiger partial charge in [-0.1, -0.05) is 17.7 Å². The zero-order valence-corrected chi connectivity index (χ0v) is 14.1. The quantitative estimate of drug-likeness (QED) is 0.572. The summed E-state index contributed by atoms with van der Waals surface area (Å²) in [5, 5.41) is 4.26. The van der Waals surface area contributed by atoms with Crippen LogP contribution in [0.5, 0.6) is 0 Å². The van der Waals surface area contributed by atoms with E-state index in [0.717, 1.165) is 5.56 Å². The molecule has 0 saturated carbocycles. The summed E-state index contributed by atoms with van der Waals surface area (Å²) < 4.78 is 30.5. The van der Waals surface area contributed by atoms with Crippen LogP contribution >= 0.6 is 0 Å². The van der Waals surface area contributed by atoms with Crippen molar-refractivity contribution in [2.24, 2.45) is 0 Å². The third-order valence-corrected chi connectivity index (χ3v) is 4.11. The molecule has 0 bridgehead atoms. The average Bonchev–Trinajstić information content (AvgIpc) is 2.51. The fourth-order valence-electron chi connectivity index (χ4n) is 1.52. The fraction of sp³-hybridized carbons (Fsp3) is 0.357. The van der Waals surface area contributed by atoms with E-state index in [1.54, 1.807) is 19.1 Å². The number of carbonyl (C=O) groups excluding carboxylic acids is 3. The van der Waals surface area contributed by atoms with Gasteiger partial charge in [-0.25, -0.2) is 13.2 Å². The van der Waals surface area contributed by atoms with Gasteiger partial charge in [0.1, 0.15) is 6.54 Å². The van der Waals surface area contributed by atoms with E-state index >= 15 is 0 Å². The summed E-state index contributed by atoms with van der Waals surface area (Å²) in [6, 6.07) is 5.35. The van der Waals surface area contributed by atoms with Crippen LogP contribution in [-0.2, 0) is 24.3 Å². The van der Waals surface area contributed by atoms with Crippen LogP contribution in [0, 0.1) is 6.92 Å². The molecule has 10 heteroatoms. The summed E-state index contributed by atoms with van der Waals surface area (Å²) in [6.07, 6.45) is 0. The van der Waals surface area contributed by atoms with E-state index in [4.69, 9.17) is 0 Å². The number of urea groups is 1. The first-order chi connectivity index (χ1) is 11.2. The summed E-state index contributed by atoms with van der Waals surface area (Å²) in [7, 11) is -3.85. The molecule has 24 heavy (non-hydrogen) atoms. The molecule has 0 atom stereocenters. The van der Waals surface area contributed by atoms with E-state index in [1.807, 2.05) is 12.2 Å². The second kappa shape index (κ2) is 8.99. The Morgan fingerprint density at radius 1 is 1.12 bits per heavy atom.